The summed E-state index contributed by atoms with van der Waals surface area (Å²) in [6.07, 6.45) is 0. The summed E-state index contributed by atoms with van der Waals surface area (Å²) in [7, 11) is 7.09. The Balaban J connectivity index is 0.000000921. The zero-order chi connectivity index (χ0) is 12.0. The third-order valence-corrected chi connectivity index (χ3v) is 1.81. The molecule has 2 N–H and O–H groups in total. The van der Waals surface area contributed by atoms with Crippen LogP contribution >= 0.6 is 0 Å². The van der Waals surface area contributed by atoms with Crippen molar-refractivity contribution in [3.8, 4) is 0 Å². The third-order valence-electron chi connectivity index (χ3n) is 1.81. The molecule has 0 aliphatic heterocycles. The van der Waals surface area contributed by atoms with E-state index in [0.29, 0.717) is 17.0 Å². The fourth-order valence-electron chi connectivity index (χ4n) is 1.11. The Hall–Kier alpha value is -1.32. The van der Waals surface area contributed by atoms with Crippen LogP contribution in [0.4, 0.5) is 10.1 Å². The molecule has 0 aliphatic carbocycles. The molecule has 0 amide bonds. The summed E-state index contributed by atoms with van der Waals surface area (Å²) in [5.41, 5.74) is 1.61. The van der Waals surface area contributed by atoms with Gasteiger partial charge in [-0.25, -0.2) is 4.39 Å². The lowest BCUT2D eigenvalue weighted by Gasteiger charge is -2.09. The molecule has 2 nitrogen and oxygen atoms in total. The molecule has 1 aromatic carbocycles. The van der Waals surface area contributed by atoms with Crippen LogP contribution in [-0.4, -0.2) is 20.6 Å². The minimum absolute atomic E-state index is 0.0920. The maximum Gasteiger partial charge on any atom is 0.118 e. The summed E-state index contributed by atoms with van der Waals surface area (Å²) in [5.74, 6) is -0.486. The number of nitrogens with one attached hydrogen (secondary N) is 2. The molecule has 0 saturated heterocycles. The highest BCUT2D eigenvalue weighted by Gasteiger charge is 2.06. The van der Waals surface area contributed by atoms with Crippen LogP contribution < -0.4 is 10.8 Å². The predicted molar refractivity (Wildman–Crippen MR) is 65.2 cm³/mol. The molecular formula is C11H16BFN2. The first kappa shape index (κ1) is 13.7. The van der Waals surface area contributed by atoms with Crippen LogP contribution in [0, 0.1) is 11.2 Å². The molecule has 0 atom stereocenters. The van der Waals surface area contributed by atoms with Crippen LogP contribution in [0.1, 0.15) is 26.3 Å². The second-order valence-electron chi connectivity index (χ2n) is 2.79. The minimum atomic E-state index is -0.486. The van der Waals surface area contributed by atoms with Gasteiger partial charge in [-0.15, -0.1) is 0 Å². The highest BCUT2D eigenvalue weighted by molar-refractivity contribution is 6.33. The van der Waals surface area contributed by atoms with E-state index in [1.165, 1.54) is 12.1 Å². The average molecular weight is 206 g/mol. The topological polar surface area (TPSA) is 35.9 Å². The van der Waals surface area contributed by atoms with E-state index in [1.807, 2.05) is 13.8 Å². The first-order valence-electron chi connectivity index (χ1n) is 4.88. The highest BCUT2D eigenvalue weighted by Crippen LogP contribution is 2.14. The Morgan fingerprint density at radius 3 is 2.33 bits per heavy atom. The van der Waals surface area contributed by atoms with Gasteiger partial charge >= 0.3 is 0 Å². The Morgan fingerprint density at radius 1 is 1.40 bits per heavy atom. The number of benzene rings is 1. The zero-order valence-corrected chi connectivity index (χ0v) is 9.61. The number of hydrogen-bond donors (Lipinski definition) is 2. The van der Waals surface area contributed by atoms with E-state index in [2.05, 4.69) is 5.32 Å². The van der Waals surface area contributed by atoms with Gasteiger partial charge in [-0.05, 0) is 19.1 Å². The minimum Gasteiger partial charge on any atom is -0.388 e. The summed E-state index contributed by atoms with van der Waals surface area (Å²) < 4.78 is 13.0. The normalized spacial score (nSPS) is 8.87. The first-order valence-corrected chi connectivity index (χ1v) is 4.88. The Kier molecular flexibility index (Phi) is 5.68. The highest BCUT2D eigenvalue weighted by atomic mass is 19.1. The molecule has 0 spiro atoms. The maximum atomic E-state index is 13.0. The SMILES string of the molecule is CC.[B]c1cc(NC)c(C(C)=N)cc1F. The van der Waals surface area contributed by atoms with Crippen LogP contribution in [0.2, 0.25) is 0 Å². The van der Waals surface area contributed by atoms with Crippen molar-refractivity contribution >= 4 is 24.7 Å². The lowest BCUT2D eigenvalue weighted by atomic mass is 9.92. The van der Waals surface area contributed by atoms with Gasteiger partial charge in [-0.1, -0.05) is 19.3 Å². The molecule has 1 aromatic rings. The molecule has 0 fully saturated rings. The van der Waals surface area contributed by atoms with Crippen molar-refractivity contribution in [2.75, 3.05) is 12.4 Å². The molecule has 0 aliphatic rings. The van der Waals surface area contributed by atoms with Gasteiger partial charge in [0.2, 0.25) is 0 Å². The summed E-state index contributed by atoms with van der Waals surface area (Å²) >= 11 is 0. The van der Waals surface area contributed by atoms with Gasteiger partial charge in [0.15, 0.2) is 0 Å². The van der Waals surface area contributed by atoms with Crippen molar-refractivity contribution in [3.63, 3.8) is 0 Å². The summed E-state index contributed by atoms with van der Waals surface area (Å²) in [5, 5.41) is 10.3. The van der Waals surface area contributed by atoms with E-state index < -0.39 is 5.82 Å². The molecule has 0 bridgehead atoms. The summed E-state index contributed by atoms with van der Waals surface area (Å²) in [6, 6.07) is 2.76. The van der Waals surface area contributed by atoms with Gasteiger partial charge in [0.25, 0.3) is 0 Å². The molecule has 4 heteroatoms. The summed E-state index contributed by atoms with van der Waals surface area (Å²) in [6.45, 7) is 5.60. The molecule has 80 valence electrons. The fourth-order valence-corrected chi connectivity index (χ4v) is 1.11. The van der Waals surface area contributed by atoms with E-state index in [-0.39, 0.29) is 5.46 Å². The van der Waals surface area contributed by atoms with Gasteiger partial charge in [-0.2, -0.15) is 0 Å². The standard InChI is InChI=1S/C9H10BFN2.C2H6/c1-5(12)6-3-8(11)7(10)4-9(6)13-2;1-2/h3-4,12-13H,1-2H3;1-2H3. The van der Waals surface area contributed by atoms with Crippen LogP contribution in [0.5, 0.6) is 0 Å². The van der Waals surface area contributed by atoms with Gasteiger partial charge in [-0.3, -0.25) is 0 Å². The Bertz CT molecular complexity index is 351. The van der Waals surface area contributed by atoms with Gasteiger partial charge < -0.3 is 10.7 Å². The Labute approximate surface area is 91.8 Å². The van der Waals surface area contributed by atoms with Crippen molar-refractivity contribution < 1.29 is 4.39 Å². The lowest BCUT2D eigenvalue weighted by molar-refractivity contribution is 0.636. The number of halogens is 1. The van der Waals surface area contributed by atoms with Crippen molar-refractivity contribution in [2.24, 2.45) is 0 Å². The van der Waals surface area contributed by atoms with Crippen LogP contribution in [0.3, 0.4) is 0 Å². The smallest absolute Gasteiger partial charge is 0.118 e. The second-order valence-corrected chi connectivity index (χ2v) is 2.79. The first-order chi connectivity index (χ1) is 7.06. The molecular weight excluding hydrogens is 190 g/mol. The lowest BCUT2D eigenvalue weighted by Crippen LogP contribution is -2.13. The number of rotatable bonds is 2. The molecule has 1 rings (SSSR count). The van der Waals surface area contributed by atoms with E-state index in [9.17, 15) is 4.39 Å². The van der Waals surface area contributed by atoms with Crippen LogP contribution in [0.25, 0.3) is 0 Å². The van der Waals surface area contributed by atoms with E-state index in [1.54, 1.807) is 14.0 Å². The zero-order valence-electron chi connectivity index (χ0n) is 9.61. The molecule has 0 saturated carbocycles. The number of anilines is 1. The quantitative estimate of drug-likeness (QED) is 0.563. The van der Waals surface area contributed by atoms with E-state index in [0.717, 1.165) is 0 Å². The van der Waals surface area contributed by atoms with Crippen LogP contribution in [0.15, 0.2) is 12.1 Å². The largest absolute Gasteiger partial charge is 0.388 e. The van der Waals surface area contributed by atoms with Gasteiger partial charge in [0.1, 0.15) is 13.7 Å². The van der Waals surface area contributed by atoms with Crippen molar-refractivity contribution in [1.29, 1.82) is 5.41 Å². The second kappa shape index (κ2) is 6.22. The number of hydrogen-bond acceptors (Lipinski definition) is 2. The molecule has 0 aromatic heterocycles. The Morgan fingerprint density at radius 2 is 1.93 bits per heavy atom. The molecule has 2 radical (unpaired) electrons. The van der Waals surface area contributed by atoms with E-state index >= 15 is 0 Å². The van der Waals surface area contributed by atoms with Gasteiger partial charge in [0, 0.05) is 24.0 Å². The van der Waals surface area contributed by atoms with Crippen molar-refractivity contribution in [1.82, 2.24) is 0 Å². The van der Waals surface area contributed by atoms with Crippen LogP contribution in [-0.2, 0) is 0 Å². The van der Waals surface area contributed by atoms with E-state index in [4.69, 9.17) is 13.3 Å². The third kappa shape index (κ3) is 3.38. The molecule has 0 heterocycles. The monoisotopic (exact) mass is 206 g/mol. The summed E-state index contributed by atoms with van der Waals surface area (Å²) in [4.78, 5) is 0. The maximum absolute atomic E-state index is 13.0. The molecule has 15 heavy (non-hydrogen) atoms. The predicted octanol–water partition coefficient (Wildman–Crippen LogP) is 2.08. The molecule has 0 unspecified atom stereocenters. The van der Waals surface area contributed by atoms with Gasteiger partial charge in [0.05, 0.1) is 0 Å². The average Bonchev–Trinajstić information content (AvgIpc) is 2.24. The van der Waals surface area contributed by atoms with Crippen molar-refractivity contribution in [2.45, 2.75) is 20.8 Å². The van der Waals surface area contributed by atoms with Crippen molar-refractivity contribution in [3.05, 3.63) is 23.5 Å². The fraction of sp³-hybridized carbons (Fsp3) is 0.364.